The fourth-order valence-corrected chi connectivity index (χ4v) is 2.24. The lowest BCUT2D eigenvalue weighted by molar-refractivity contribution is 0.252. The predicted octanol–water partition coefficient (Wildman–Crippen LogP) is 1.90. The lowest BCUT2D eigenvalue weighted by Gasteiger charge is -2.09. The molecule has 0 spiro atoms. The Labute approximate surface area is 150 Å². The van der Waals surface area contributed by atoms with Crippen LogP contribution in [0.2, 0.25) is 0 Å². The molecular weight excluding hydrogens is 334 g/mol. The standard InChI is InChI=1S/C17H19N7O2/c1-26-15-9-7-13(8-10-15)20-17(25)19-12-11-18-16-21-22-23-24(16)14-5-3-2-4-6-14/h2-10H,11-12H2,1H3,(H,18,21,23)(H2,19,20,25). The third-order valence-corrected chi connectivity index (χ3v) is 3.51. The van der Waals surface area contributed by atoms with Gasteiger partial charge in [-0.15, -0.1) is 0 Å². The van der Waals surface area contributed by atoms with Crippen LogP contribution in [-0.4, -0.2) is 46.4 Å². The zero-order valence-electron chi connectivity index (χ0n) is 14.2. The van der Waals surface area contributed by atoms with Gasteiger partial charge in [-0.05, 0) is 46.8 Å². The molecule has 9 heteroatoms. The van der Waals surface area contributed by atoms with E-state index in [0.29, 0.717) is 24.7 Å². The van der Waals surface area contributed by atoms with Crippen LogP contribution in [0, 0.1) is 0 Å². The molecule has 3 rings (SSSR count). The van der Waals surface area contributed by atoms with Gasteiger partial charge >= 0.3 is 6.03 Å². The summed E-state index contributed by atoms with van der Waals surface area (Å²) in [6.45, 7) is 0.882. The number of carbonyl (C=O) groups is 1. The van der Waals surface area contributed by atoms with Crippen LogP contribution >= 0.6 is 0 Å². The number of hydrogen-bond donors (Lipinski definition) is 3. The van der Waals surface area contributed by atoms with Crippen molar-refractivity contribution < 1.29 is 9.53 Å². The SMILES string of the molecule is COc1ccc(NC(=O)NCCNc2nnnn2-c2ccccc2)cc1. The molecule has 0 bridgehead atoms. The summed E-state index contributed by atoms with van der Waals surface area (Å²) in [5.41, 5.74) is 1.54. The fraction of sp³-hybridized carbons (Fsp3) is 0.176. The van der Waals surface area contributed by atoms with Crippen LogP contribution in [0.25, 0.3) is 5.69 Å². The molecule has 9 nitrogen and oxygen atoms in total. The quantitative estimate of drug-likeness (QED) is 0.560. The van der Waals surface area contributed by atoms with Crippen molar-refractivity contribution in [1.29, 1.82) is 0 Å². The lowest BCUT2D eigenvalue weighted by Crippen LogP contribution is -2.32. The van der Waals surface area contributed by atoms with E-state index in [1.807, 2.05) is 30.3 Å². The molecule has 3 aromatic rings. The number of carbonyl (C=O) groups excluding carboxylic acids is 1. The lowest BCUT2D eigenvalue weighted by atomic mass is 10.3. The van der Waals surface area contributed by atoms with E-state index >= 15 is 0 Å². The summed E-state index contributed by atoms with van der Waals surface area (Å²) in [6, 6.07) is 16.4. The molecule has 0 fully saturated rings. The van der Waals surface area contributed by atoms with Gasteiger partial charge in [0.25, 0.3) is 0 Å². The Balaban J connectivity index is 1.44. The Morgan fingerprint density at radius 2 is 1.85 bits per heavy atom. The molecule has 0 aliphatic heterocycles. The zero-order valence-corrected chi connectivity index (χ0v) is 14.2. The van der Waals surface area contributed by atoms with Crippen LogP contribution in [0.3, 0.4) is 0 Å². The Kier molecular flexibility index (Phi) is 5.61. The summed E-state index contributed by atoms with van der Waals surface area (Å²) >= 11 is 0. The second-order valence-corrected chi connectivity index (χ2v) is 5.29. The number of tetrazole rings is 1. The van der Waals surface area contributed by atoms with Gasteiger partial charge in [-0.1, -0.05) is 23.3 Å². The smallest absolute Gasteiger partial charge is 0.319 e. The van der Waals surface area contributed by atoms with Gasteiger partial charge < -0.3 is 20.7 Å². The first-order valence-corrected chi connectivity index (χ1v) is 8.03. The number of benzene rings is 2. The van der Waals surface area contributed by atoms with E-state index in [-0.39, 0.29) is 6.03 Å². The van der Waals surface area contributed by atoms with Crippen LogP contribution in [0.1, 0.15) is 0 Å². The maximum atomic E-state index is 11.9. The molecule has 2 aromatic carbocycles. The normalized spacial score (nSPS) is 10.2. The number of aromatic nitrogens is 4. The molecule has 26 heavy (non-hydrogen) atoms. The molecule has 0 aliphatic rings. The maximum Gasteiger partial charge on any atom is 0.319 e. The van der Waals surface area contributed by atoms with Gasteiger partial charge in [-0.25, -0.2) is 4.79 Å². The van der Waals surface area contributed by atoms with Crippen LogP contribution in [-0.2, 0) is 0 Å². The zero-order chi connectivity index (χ0) is 18.2. The number of hydrogen-bond acceptors (Lipinski definition) is 6. The van der Waals surface area contributed by atoms with E-state index < -0.39 is 0 Å². The van der Waals surface area contributed by atoms with Gasteiger partial charge in [-0.3, -0.25) is 0 Å². The molecule has 0 unspecified atom stereocenters. The van der Waals surface area contributed by atoms with Gasteiger partial charge in [0.2, 0.25) is 5.95 Å². The summed E-state index contributed by atoms with van der Waals surface area (Å²) in [7, 11) is 1.59. The van der Waals surface area contributed by atoms with Gasteiger partial charge in [0.15, 0.2) is 0 Å². The minimum absolute atomic E-state index is 0.292. The highest BCUT2D eigenvalue weighted by molar-refractivity contribution is 5.89. The molecule has 0 saturated heterocycles. The van der Waals surface area contributed by atoms with E-state index in [1.165, 1.54) is 0 Å². The number of ether oxygens (including phenoxy) is 1. The second-order valence-electron chi connectivity index (χ2n) is 5.29. The molecule has 0 aliphatic carbocycles. The van der Waals surface area contributed by atoms with Gasteiger partial charge in [-0.2, -0.15) is 4.68 Å². The van der Waals surface area contributed by atoms with E-state index in [9.17, 15) is 4.79 Å². The molecule has 0 saturated carbocycles. The van der Waals surface area contributed by atoms with E-state index in [4.69, 9.17) is 4.74 Å². The Bertz CT molecular complexity index is 834. The molecule has 0 atom stereocenters. The summed E-state index contributed by atoms with van der Waals surface area (Å²) in [5.74, 6) is 1.24. The topological polar surface area (TPSA) is 106 Å². The van der Waals surface area contributed by atoms with Crippen molar-refractivity contribution in [2.24, 2.45) is 0 Å². The summed E-state index contributed by atoms with van der Waals surface area (Å²) < 4.78 is 6.67. The minimum Gasteiger partial charge on any atom is -0.497 e. The van der Waals surface area contributed by atoms with E-state index in [1.54, 1.807) is 36.1 Å². The molecule has 3 N–H and O–H groups in total. The van der Waals surface area contributed by atoms with Crippen LogP contribution in [0.5, 0.6) is 5.75 Å². The number of nitrogens with one attached hydrogen (secondary N) is 3. The van der Waals surface area contributed by atoms with Crippen molar-refractivity contribution in [3.8, 4) is 11.4 Å². The van der Waals surface area contributed by atoms with Gasteiger partial charge in [0.1, 0.15) is 5.75 Å². The van der Waals surface area contributed by atoms with Gasteiger partial charge in [0, 0.05) is 18.8 Å². The average Bonchev–Trinajstić information content (AvgIpc) is 3.15. The number of nitrogens with zero attached hydrogens (tertiary/aromatic N) is 4. The first kappa shape index (κ1) is 17.2. The maximum absolute atomic E-state index is 11.9. The molecule has 1 heterocycles. The van der Waals surface area contributed by atoms with Crippen molar-refractivity contribution in [3.63, 3.8) is 0 Å². The van der Waals surface area contributed by atoms with E-state index in [0.717, 1.165) is 11.4 Å². The van der Waals surface area contributed by atoms with Crippen LogP contribution in [0.4, 0.5) is 16.4 Å². The third-order valence-electron chi connectivity index (χ3n) is 3.51. The third kappa shape index (κ3) is 4.47. The predicted molar refractivity (Wildman–Crippen MR) is 97.7 cm³/mol. The average molecular weight is 353 g/mol. The first-order chi connectivity index (χ1) is 12.8. The number of para-hydroxylation sites is 1. The summed E-state index contributed by atoms with van der Waals surface area (Å²) in [4.78, 5) is 11.9. The van der Waals surface area contributed by atoms with Crippen LogP contribution < -0.4 is 20.7 Å². The molecule has 2 amide bonds. The second kappa shape index (κ2) is 8.47. The van der Waals surface area contributed by atoms with Crippen molar-refractivity contribution in [2.75, 3.05) is 30.8 Å². The molecule has 1 aromatic heterocycles. The monoisotopic (exact) mass is 353 g/mol. The number of urea groups is 1. The van der Waals surface area contributed by atoms with Crippen molar-refractivity contribution in [2.45, 2.75) is 0 Å². The van der Waals surface area contributed by atoms with Crippen LogP contribution in [0.15, 0.2) is 54.6 Å². The summed E-state index contributed by atoms with van der Waals surface area (Å²) in [5, 5.41) is 20.2. The molecular formula is C17H19N7O2. The Morgan fingerprint density at radius 1 is 1.08 bits per heavy atom. The highest BCUT2D eigenvalue weighted by atomic mass is 16.5. The van der Waals surface area contributed by atoms with Crippen molar-refractivity contribution in [3.05, 3.63) is 54.6 Å². The largest absolute Gasteiger partial charge is 0.497 e. The molecule has 134 valence electrons. The summed E-state index contributed by atoms with van der Waals surface area (Å²) in [6.07, 6.45) is 0. The Morgan fingerprint density at radius 3 is 2.58 bits per heavy atom. The fourth-order valence-electron chi connectivity index (χ4n) is 2.24. The van der Waals surface area contributed by atoms with Gasteiger partial charge in [0.05, 0.1) is 12.8 Å². The minimum atomic E-state index is -0.292. The first-order valence-electron chi connectivity index (χ1n) is 8.03. The van der Waals surface area contributed by atoms with E-state index in [2.05, 4.69) is 31.5 Å². The van der Waals surface area contributed by atoms with Crippen molar-refractivity contribution >= 4 is 17.7 Å². The number of methoxy groups -OCH3 is 1. The highest BCUT2D eigenvalue weighted by Gasteiger charge is 2.07. The molecule has 0 radical (unpaired) electrons. The number of rotatable bonds is 7. The highest BCUT2D eigenvalue weighted by Crippen LogP contribution is 2.14. The van der Waals surface area contributed by atoms with Crippen molar-refractivity contribution in [1.82, 2.24) is 25.5 Å². The Hall–Kier alpha value is -3.62. The number of anilines is 2. The number of amides is 2.